The monoisotopic (exact) mass is 373 g/mol. The van der Waals surface area contributed by atoms with E-state index in [-0.39, 0.29) is 11.3 Å². The smallest absolute Gasteiger partial charge is 0.418 e. The Morgan fingerprint density at radius 1 is 0.963 bits per heavy atom. The molecule has 0 saturated carbocycles. The van der Waals surface area contributed by atoms with Crippen LogP contribution in [-0.2, 0) is 6.18 Å². The molecule has 1 heterocycles. The van der Waals surface area contributed by atoms with Gasteiger partial charge in [-0.25, -0.2) is 0 Å². The maximum atomic E-state index is 13.3. The number of alkyl halides is 3. The Balaban J connectivity index is 1.81. The van der Waals surface area contributed by atoms with Crippen LogP contribution in [0.1, 0.15) is 15.9 Å². The van der Waals surface area contributed by atoms with Gasteiger partial charge in [-0.3, -0.25) is 9.78 Å². The molecular formula is C19H14F3N3O2. The summed E-state index contributed by atoms with van der Waals surface area (Å²) in [5, 5.41) is 2.70. The molecule has 3 aromatic rings. The van der Waals surface area contributed by atoms with Crippen LogP contribution in [-0.4, -0.2) is 10.9 Å². The van der Waals surface area contributed by atoms with Crippen molar-refractivity contribution in [1.29, 1.82) is 0 Å². The summed E-state index contributed by atoms with van der Waals surface area (Å²) in [5.74, 6) is 0.184. The van der Waals surface area contributed by atoms with E-state index in [1.54, 1.807) is 48.8 Å². The fourth-order valence-corrected chi connectivity index (χ4v) is 2.35. The van der Waals surface area contributed by atoms with Gasteiger partial charge in [-0.2, -0.15) is 13.2 Å². The van der Waals surface area contributed by atoms with E-state index in [0.29, 0.717) is 17.2 Å². The maximum absolute atomic E-state index is 13.3. The van der Waals surface area contributed by atoms with Gasteiger partial charge in [-0.15, -0.1) is 0 Å². The molecule has 5 nitrogen and oxygen atoms in total. The van der Waals surface area contributed by atoms with Gasteiger partial charge in [-0.1, -0.05) is 0 Å². The third-order valence-corrected chi connectivity index (χ3v) is 3.63. The van der Waals surface area contributed by atoms with Crippen molar-refractivity contribution in [2.75, 3.05) is 5.32 Å². The van der Waals surface area contributed by atoms with Crippen LogP contribution in [0.3, 0.4) is 0 Å². The number of nitrogens with two attached hydrogens (primary N) is 1. The summed E-state index contributed by atoms with van der Waals surface area (Å²) in [6.45, 7) is 0. The molecule has 1 amide bonds. The first-order valence-electron chi connectivity index (χ1n) is 7.79. The Morgan fingerprint density at radius 2 is 1.59 bits per heavy atom. The Kier molecular flexibility index (Phi) is 4.98. The summed E-state index contributed by atoms with van der Waals surface area (Å²) in [4.78, 5) is 15.0. The summed E-state index contributed by atoms with van der Waals surface area (Å²) >= 11 is 0. The summed E-state index contributed by atoms with van der Waals surface area (Å²) in [7, 11) is 0. The van der Waals surface area contributed by atoms with Crippen LogP contribution in [0.2, 0.25) is 0 Å². The van der Waals surface area contributed by atoms with Crippen molar-refractivity contribution in [3.8, 4) is 11.5 Å². The minimum absolute atomic E-state index is 0.185. The first-order chi connectivity index (χ1) is 12.8. The maximum Gasteiger partial charge on any atom is 0.418 e. The van der Waals surface area contributed by atoms with Gasteiger partial charge < -0.3 is 15.8 Å². The van der Waals surface area contributed by atoms with E-state index in [9.17, 15) is 18.0 Å². The Morgan fingerprint density at radius 3 is 2.19 bits per heavy atom. The number of amides is 1. The molecule has 0 radical (unpaired) electrons. The minimum Gasteiger partial charge on any atom is -0.457 e. The number of benzene rings is 2. The van der Waals surface area contributed by atoms with Gasteiger partial charge >= 0.3 is 6.18 Å². The number of carbonyl (C=O) groups is 1. The number of nitrogens with zero attached hydrogens (tertiary/aromatic N) is 1. The van der Waals surface area contributed by atoms with Gasteiger partial charge in [0.1, 0.15) is 11.5 Å². The van der Waals surface area contributed by atoms with Crippen molar-refractivity contribution in [3.05, 3.63) is 78.1 Å². The number of primary amides is 1. The quantitative estimate of drug-likeness (QED) is 0.678. The molecule has 3 N–H and O–H groups in total. The second kappa shape index (κ2) is 7.36. The molecule has 2 aromatic carbocycles. The number of anilines is 2. The Bertz CT molecular complexity index is 943. The highest BCUT2D eigenvalue weighted by Gasteiger charge is 2.34. The molecule has 0 fully saturated rings. The number of halogens is 3. The lowest BCUT2D eigenvalue weighted by Crippen LogP contribution is -2.15. The molecule has 0 saturated heterocycles. The summed E-state index contributed by atoms with van der Waals surface area (Å²) in [6.07, 6.45) is -1.47. The normalized spacial score (nSPS) is 11.1. The lowest BCUT2D eigenvalue weighted by Gasteiger charge is -2.16. The van der Waals surface area contributed by atoms with Crippen LogP contribution >= 0.6 is 0 Å². The molecule has 8 heteroatoms. The predicted octanol–water partition coefficient (Wildman–Crippen LogP) is 4.74. The fraction of sp³-hybridized carbons (Fsp3) is 0.0526. The first kappa shape index (κ1) is 18.2. The summed E-state index contributed by atoms with van der Waals surface area (Å²) < 4.78 is 45.5. The highest BCUT2D eigenvalue weighted by Crippen LogP contribution is 2.37. The molecule has 0 aliphatic carbocycles. The molecule has 0 unspecified atom stereocenters. The standard InChI is InChI=1S/C19H14F3N3O2/c20-19(21,22)16-11-12(18(23)26)1-6-17(16)25-13-2-4-14(5-3-13)27-15-7-9-24-10-8-15/h1-11,25H,(H2,23,26). The molecule has 3 rings (SSSR count). The molecule has 0 aliphatic rings. The summed E-state index contributed by atoms with van der Waals surface area (Å²) in [6, 6.07) is 12.9. The van der Waals surface area contributed by atoms with E-state index >= 15 is 0 Å². The van der Waals surface area contributed by atoms with E-state index in [1.807, 2.05) is 0 Å². The largest absolute Gasteiger partial charge is 0.457 e. The van der Waals surface area contributed by atoms with Gasteiger partial charge in [0.25, 0.3) is 0 Å². The van der Waals surface area contributed by atoms with Gasteiger partial charge in [0.15, 0.2) is 0 Å². The lowest BCUT2D eigenvalue weighted by molar-refractivity contribution is -0.136. The van der Waals surface area contributed by atoms with Crippen LogP contribution in [0.4, 0.5) is 24.5 Å². The van der Waals surface area contributed by atoms with E-state index in [4.69, 9.17) is 10.5 Å². The zero-order valence-electron chi connectivity index (χ0n) is 13.8. The second-order valence-electron chi connectivity index (χ2n) is 5.56. The van der Waals surface area contributed by atoms with E-state index < -0.39 is 17.6 Å². The molecule has 0 aliphatic heterocycles. The molecule has 1 aromatic heterocycles. The number of ether oxygens (including phenoxy) is 1. The number of carbonyl (C=O) groups excluding carboxylic acids is 1. The van der Waals surface area contributed by atoms with Crippen LogP contribution in [0.5, 0.6) is 11.5 Å². The van der Waals surface area contributed by atoms with Crippen molar-refractivity contribution in [2.24, 2.45) is 5.73 Å². The van der Waals surface area contributed by atoms with Crippen LogP contribution in [0, 0.1) is 0 Å². The molecular weight excluding hydrogens is 359 g/mol. The lowest BCUT2D eigenvalue weighted by atomic mass is 10.1. The van der Waals surface area contributed by atoms with Gasteiger partial charge in [0.2, 0.25) is 5.91 Å². The molecule has 27 heavy (non-hydrogen) atoms. The Labute approximate surface area is 152 Å². The first-order valence-corrected chi connectivity index (χ1v) is 7.79. The van der Waals surface area contributed by atoms with Crippen molar-refractivity contribution < 1.29 is 22.7 Å². The van der Waals surface area contributed by atoms with Gasteiger partial charge in [-0.05, 0) is 54.6 Å². The van der Waals surface area contributed by atoms with Crippen LogP contribution in [0.25, 0.3) is 0 Å². The highest BCUT2D eigenvalue weighted by atomic mass is 19.4. The molecule has 0 spiro atoms. The van der Waals surface area contributed by atoms with Gasteiger partial charge in [0.05, 0.1) is 11.3 Å². The average Bonchev–Trinajstić information content (AvgIpc) is 2.63. The van der Waals surface area contributed by atoms with Crippen LogP contribution < -0.4 is 15.8 Å². The van der Waals surface area contributed by atoms with Crippen molar-refractivity contribution in [2.45, 2.75) is 6.18 Å². The second-order valence-corrected chi connectivity index (χ2v) is 5.56. The minimum atomic E-state index is -4.64. The van der Waals surface area contributed by atoms with E-state index in [1.165, 1.54) is 12.1 Å². The van der Waals surface area contributed by atoms with Gasteiger partial charge in [0, 0.05) is 23.6 Å². The molecule has 0 atom stereocenters. The number of rotatable bonds is 5. The highest BCUT2D eigenvalue weighted by molar-refractivity contribution is 5.93. The zero-order valence-corrected chi connectivity index (χ0v) is 13.8. The topological polar surface area (TPSA) is 77.2 Å². The van der Waals surface area contributed by atoms with Crippen LogP contribution in [0.15, 0.2) is 67.0 Å². The third kappa shape index (κ3) is 4.55. The van der Waals surface area contributed by atoms with Crippen molar-refractivity contribution >= 4 is 17.3 Å². The predicted molar refractivity (Wildman–Crippen MR) is 94.0 cm³/mol. The van der Waals surface area contributed by atoms with Crippen molar-refractivity contribution in [1.82, 2.24) is 4.98 Å². The molecule has 0 bridgehead atoms. The average molecular weight is 373 g/mol. The number of pyridine rings is 1. The fourth-order valence-electron chi connectivity index (χ4n) is 2.35. The number of nitrogens with one attached hydrogen (secondary N) is 1. The number of aromatic nitrogens is 1. The third-order valence-electron chi connectivity index (χ3n) is 3.63. The van der Waals surface area contributed by atoms with Crippen molar-refractivity contribution in [3.63, 3.8) is 0 Å². The van der Waals surface area contributed by atoms with E-state index in [0.717, 1.165) is 6.07 Å². The number of hydrogen-bond acceptors (Lipinski definition) is 4. The van der Waals surface area contributed by atoms with E-state index in [2.05, 4.69) is 10.3 Å². The zero-order chi connectivity index (χ0) is 19.4. The Hall–Kier alpha value is -3.55. The SMILES string of the molecule is NC(=O)c1ccc(Nc2ccc(Oc3ccncc3)cc2)c(C(F)(F)F)c1. The summed E-state index contributed by atoms with van der Waals surface area (Å²) in [5.41, 5.74) is 4.11. The number of hydrogen-bond donors (Lipinski definition) is 2. The molecule has 138 valence electrons.